The maximum Gasteiger partial charge on any atom is 0.336 e. The number of carboxylic acid groups (broad SMARTS) is 1. The van der Waals surface area contributed by atoms with Gasteiger partial charge >= 0.3 is 5.97 Å². The maximum absolute atomic E-state index is 10.6. The summed E-state index contributed by atoms with van der Waals surface area (Å²) in [6.07, 6.45) is 0. The van der Waals surface area contributed by atoms with E-state index in [-0.39, 0.29) is 57.0 Å². The van der Waals surface area contributed by atoms with Gasteiger partial charge in [0.25, 0.3) is 0 Å². The minimum absolute atomic E-state index is 0. The summed E-state index contributed by atoms with van der Waals surface area (Å²) in [5.74, 6) is 4.40. The van der Waals surface area contributed by atoms with Gasteiger partial charge in [0.15, 0.2) is 0 Å². The van der Waals surface area contributed by atoms with Crippen molar-refractivity contribution in [3.8, 4) is 0 Å². The summed E-state index contributed by atoms with van der Waals surface area (Å²) in [7, 11) is 0. The molecule has 0 heterocycles. The van der Waals surface area contributed by atoms with Gasteiger partial charge in [0.2, 0.25) is 0 Å². The molecule has 0 aliphatic carbocycles. The van der Waals surface area contributed by atoms with Gasteiger partial charge in [-0.1, -0.05) is 42.5 Å². The molecule has 2 aromatic rings. The van der Waals surface area contributed by atoms with Crippen molar-refractivity contribution in [3.63, 3.8) is 0 Å². The Morgan fingerprint density at radius 1 is 0.920 bits per heavy atom. The van der Waals surface area contributed by atoms with Crippen LogP contribution in [0.2, 0.25) is 0 Å². The Kier molecular flexibility index (Phi) is 11.8. The third-order valence-electron chi connectivity index (χ3n) is 2.97. The zero-order chi connectivity index (χ0) is 17.9. The van der Waals surface area contributed by atoms with Gasteiger partial charge in [-0.3, -0.25) is 5.26 Å². The molecule has 4 N–H and O–H groups in total. The quantitative estimate of drug-likeness (QED) is 0.538. The number of hydrogen-bond acceptors (Lipinski definition) is 5. The molecule has 2 aromatic carbocycles. The number of benzene rings is 2. The minimum Gasteiger partial charge on any atom is -0.664 e. The van der Waals surface area contributed by atoms with Gasteiger partial charge in [-0.25, -0.2) is 9.68 Å². The van der Waals surface area contributed by atoms with Gasteiger partial charge in [0, 0.05) is 38.3 Å². The first-order valence-corrected chi connectivity index (χ1v) is 6.71. The van der Waals surface area contributed by atoms with Crippen LogP contribution < -0.4 is 0 Å². The van der Waals surface area contributed by atoms with Crippen LogP contribution in [-0.4, -0.2) is 22.2 Å². The molecule has 0 aromatic heterocycles. The second-order valence-electron chi connectivity index (χ2n) is 4.51. The Bertz CT molecular complexity index is 638. The van der Waals surface area contributed by atoms with Gasteiger partial charge in [-0.2, -0.15) is 0 Å². The van der Waals surface area contributed by atoms with Crippen LogP contribution in [0.4, 0.5) is 0 Å². The Hall–Kier alpha value is -1.68. The van der Waals surface area contributed by atoms with E-state index in [9.17, 15) is 9.59 Å². The van der Waals surface area contributed by atoms with Crippen LogP contribution in [0.1, 0.15) is 31.8 Å². The first kappa shape index (κ1) is 23.3. The van der Waals surface area contributed by atoms with Crippen LogP contribution in [0.25, 0.3) is 11.6 Å². The normalized spacial score (nSPS) is 9.36. The number of aromatic carboxylic acids is 1. The van der Waals surface area contributed by atoms with E-state index in [2.05, 4.69) is 9.73 Å². The first-order chi connectivity index (χ1) is 11.5. The van der Waals surface area contributed by atoms with Crippen molar-refractivity contribution in [2.24, 2.45) is 0 Å². The summed E-state index contributed by atoms with van der Waals surface area (Å²) in [5.41, 5.74) is 8.22. The van der Waals surface area contributed by atoms with Crippen LogP contribution in [-0.2, 0) is 55.6 Å². The number of amides is 1. The van der Waals surface area contributed by atoms with E-state index in [4.69, 9.17) is 22.0 Å². The predicted octanol–water partition coefficient (Wildman–Crippen LogP) is 3.73. The van der Waals surface area contributed by atoms with Crippen molar-refractivity contribution >= 4 is 11.9 Å². The van der Waals surface area contributed by atoms with Gasteiger partial charge in [-0.05, 0) is 17.2 Å². The fraction of sp³-hybridized carbons (Fsp3) is 0.125. The Labute approximate surface area is 169 Å². The number of carboxylic acids is 1. The summed E-state index contributed by atoms with van der Waals surface area (Å²) in [4.78, 5) is 29.3. The molecule has 0 saturated carbocycles. The predicted molar refractivity (Wildman–Crippen MR) is 85.0 cm³/mol. The molecular weight excluding hydrogens is 405 g/mol. The largest absolute Gasteiger partial charge is 0.664 e. The number of nitrogens with one attached hydrogen (secondary N) is 2. The van der Waals surface area contributed by atoms with Crippen molar-refractivity contribution in [1.82, 2.24) is 0 Å². The second kappa shape index (κ2) is 12.7. The molecule has 8 nitrogen and oxygen atoms in total. The van der Waals surface area contributed by atoms with Gasteiger partial charge in [0.1, 0.15) is 6.61 Å². The summed E-state index contributed by atoms with van der Waals surface area (Å²) in [6.45, 7) is 0.332. The molecule has 0 unspecified atom stereocenters. The smallest absolute Gasteiger partial charge is 0.336 e. The third-order valence-corrected chi connectivity index (χ3v) is 2.97. The van der Waals surface area contributed by atoms with Crippen LogP contribution in [0.3, 0.4) is 0 Å². The van der Waals surface area contributed by atoms with E-state index in [1.54, 1.807) is 0 Å². The van der Waals surface area contributed by atoms with E-state index in [0.717, 1.165) is 11.1 Å². The summed E-state index contributed by atoms with van der Waals surface area (Å²) < 4.78 is 0. The fourth-order valence-corrected chi connectivity index (χ4v) is 1.85. The molecule has 1 radical (unpaired) electrons. The molecule has 0 saturated heterocycles. The Morgan fingerprint density at radius 2 is 1.40 bits per heavy atom. The van der Waals surface area contributed by atoms with Crippen LogP contribution in [0.5, 0.6) is 0 Å². The summed E-state index contributed by atoms with van der Waals surface area (Å²) in [6, 6.07) is 13.0. The van der Waals surface area contributed by atoms with Gasteiger partial charge in [-0.15, -0.1) is 0 Å². The van der Waals surface area contributed by atoms with Crippen molar-refractivity contribution in [1.29, 1.82) is 0 Å². The molecule has 0 aliphatic rings. The fourth-order valence-electron chi connectivity index (χ4n) is 1.85. The molecule has 0 aliphatic heterocycles. The monoisotopic (exact) mass is 421 g/mol. The van der Waals surface area contributed by atoms with E-state index >= 15 is 0 Å². The number of rotatable bonds is 6. The van der Waals surface area contributed by atoms with E-state index < -0.39 is 11.9 Å². The van der Waals surface area contributed by atoms with Crippen molar-refractivity contribution in [2.75, 3.05) is 0 Å². The average Bonchev–Trinajstić information content (AvgIpc) is 2.57. The summed E-state index contributed by atoms with van der Waals surface area (Å²) >= 11 is 0. The number of carbonyl (C=O) groups is 2. The van der Waals surface area contributed by atoms with E-state index in [1.165, 1.54) is 24.3 Å². The molecule has 1 amide bonds. The third kappa shape index (κ3) is 7.83. The molecular formula is C16H16N2O6Y-2. The molecule has 25 heavy (non-hydrogen) atoms. The molecule has 0 fully saturated rings. The second-order valence-corrected chi connectivity index (χ2v) is 4.51. The topological polar surface area (TPSA) is 141 Å². The van der Waals surface area contributed by atoms with E-state index in [1.807, 2.05) is 24.3 Å². The van der Waals surface area contributed by atoms with Crippen LogP contribution in [0.15, 0.2) is 48.5 Å². The van der Waals surface area contributed by atoms with Crippen molar-refractivity contribution < 1.29 is 62.4 Å². The molecule has 2 rings (SSSR count). The number of hydrogen-bond donors (Lipinski definition) is 2. The van der Waals surface area contributed by atoms with Crippen LogP contribution >= 0.6 is 0 Å². The molecule has 131 valence electrons. The van der Waals surface area contributed by atoms with Crippen molar-refractivity contribution in [2.45, 2.75) is 13.2 Å². The molecule has 0 spiro atoms. The zero-order valence-electron chi connectivity index (χ0n) is 13.1. The zero-order valence-corrected chi connectivity index (χ0v) is 16.0. The molecule has 9 heteroatoms. The standard InChI is InChI=1S/C8H10NO3.C8H7NO3.Y/c9-11-5-7-3-1-2-4-8(7)6-12-10;9-7(10)5-3-1-2-4-6(5)8(11)12;/h1-4,9-10H,5-6H2;1-4H,(H3,9,10,11,12);/q-1;;/p-1. The van der Waals surface area contributed by atoms with Crippen molar-refractivity contribution in [3.05, 3.63) is 82.4 Å². The number of carbonyl (C=O) groups excluding carboxylic acids is 1. The minimum atomic E-state index is -1.19. The maximum atomic E-state index is 10.6. The Morgan fingerprint density at radius 3 is 1.80 bits per heavy atom. The van der Waals surface area contributed by atoms with Gasteiger partial charge in [0.05, 0.1) is 18.1 Å². The average molecular weight is 421 g/mol. The summed E-state index contributed by atoms with van der Waals surface area (Å²) in [5, 5.41) is 16.8. The van der Waals surface area contributed by atoms with E-state index in [0.29, 0.717) is 0 Å². The van der Waals surface area contributed by atoms with Crippen LogP contribution in [0, 0.1) is 0 Å². The first-order valence-electron chi connectivity index (χ1n) is 6.71. The van der Waals surface area contributed by atoms with Gasteiger partial charge < -0.3 is 26.4 Å². The molecule has 0 bridgehead atoms. The molecule has 0 atom stereocenters. The Balaban J connectivity index is 0.000000443. The SMILES string of the molecule is [NH-]C(=O)c1ccccc1C(=O)O.[NH-]OCc1ccccc1COO.[Y].